The van der Waals surface area contributed by atoms with Gasteiger partial charge in [-0.1, -0.05) is 73.7 Å². The highest BCUT2D eigenvalue weighted by molar-refractivity contribution is 5.92. The second-order valence-electron chi connectivity index (χ2n) is 12.2. The van der Waals surface area contributed by atoms with Crippen molar-refractivity contribution in [3.05, 3.63) is 127 Å². The first-order chi connectivity index (χ1) is 20.7. The van der Waals surface area contributed by atoms with Crippen LogP contribution < -0.4 is 19.6 Å². The molecule has 0 radical (unpaired) electrons. The normalized spacial score (nSPS) is 24.9. The standard InChI is InChI=1S/C36H32N6/c1-36-27(21-20-24-12-6-8-16-28(24)41-32-22-37-23-38-33(32)39(2)34(36)41)26-15-7-9-17-29(26)42-31-19-11-10-18-30(31)40(35(36)42)25-13-4-3-5-14-25/h3-19,22-23,27,34-35H,20-21H2,1-2H3. The third-order valence-corrected chi connectivity index (χ3v) is 10.2. The molecule has 5 aromatic rings. The van der Waals surface area contributed by atoms with Gasteiger partial charge < -0.3 is 19.6 Å². The van der Waals surface area contributed by atoms with Gasteiger partial charge in [0.25, 0.3) is 0 Å². The van der Waals surface area contributed by atoms with E-state index in [2.05, 4.69) is 142 Å². The van der Waals surface area contributed by atoms with Gasteiger partial charge in [0.2, 0.25) is 0 Å². The van der Waals surface area contributed by atoms with Gasteiger partial charge in [-0.05, 0) is 66.3 Å². The molecule has 4 aliphatic rings. The number of hydrogen-bond acceptors (Lipinski definition) is 6. The Kier molecular flexibility index (Phi) is 4.87. The number of nitrogens with zero attached hydrogens (tertiary/aromatic N) is 6. The molecule has 4 aromatic carbocycles. The Labute approximate surface area is 246 Å². The minimum absolute atomic E-state index is 0.00275. The van der Waals surface area contributed by atoms with Crippen molar-refractivity contribution in [1.82, 2.24) is 9.97 Å². The molecule has 0 amide bonds. The predicted molar refractivity (Wildman–Crippen MR) is 169 cm³/mol. The first-order valence-electron chi connectivity index (χ1n) is 14.9. The highest BCUT2D eigenvalue weighted by Crippen LogP contribution is 2.65. The third-order valence-electron chi connectivity index (χ3n) is 10.2. The second-order valence-corrected chi connectivity index (χ2v) is 12.2. The van der Waals surface area contributed by atoms with Crippen LogP contribution in [0.15, 0.2) is 116 Å². The topological polar surface area (TPSA) is 38.7 Å². The fraction of sp³-hybridized carbons (Fsp3) is 0.222. The number of aryl methyl sites for hydroxylation is 1. The summed E-state index contributed by atoms with van der Waals surface area (Å²) in [7, 11) is 2.23. The van der Waals surface area contributed by atoms with E-state index in [0.717, 1.165) is 24.3 Å². The van der Waals surface area contributed by atoms with E-state index in [9.17, 15) is 0 Å². The van der Waals surface area contributed by atoms with Crippen LogP contribution in [0.3, 0.4) is 0 Å². The molecule has 9 rings (SSSR count). The van der Waals surface area contributed by atoms with Crippen LogP contribution in [0.4, 0.5) is 39.9 Å². The molecule has 6 heteroatoms. The van der Waals surface area contributed by atoms with E-state index in [1.54, 1.807) is 6.33 Å². The van der Waals surface area contributed by atoms with E-state index in [-0.39, 0.29) is 17.7 Å². The van der Waals surface area contributed by atoms with Crippen LogP contribution in [0.1, 0.15) is 30.4 Å². The average molecular weight is 549 g/mol. The van der Waals surface area contributed by atoms with Crippen LogP contribution in [0, 0.1) is 5.41 Å². The van der Waals surface area contributed by atoms with Gasteiger partial charge in [0.1, 0.15) is 24.3 Å². The molecule has 0 aliphatic carbocycles. The summed E-state index contributed by atoms with van der Waals surface area (Å²) >= 11 is 0. The minimum atomic E-state index is -0.272. The predicted octanol–water partition coefficient (Wildman–Crippen LogP) is 7.76. The highest BCUT2D eigenvalue weighted by Gasteiger charge is 2.64. The minimum Gasteiger partial charge on any atom is -0.336 e. The second kappa shape index (κ2) is 8.58. The van der Waals surface area contributed by atoms with Gasteiger partial charge in [0.15, 0.2) is 5.82 Å². The van der Waals surface area contributed by atoms with E-state index in [1.807, 2.05) is 6.20 Å². The van der Waals surface area contributed by atoms with Crippen molar-refractivity contribution in [3.8, 4) is 0 Å². The first kappa shape index (κ1) is 23.8. The van der Waals surface area contributed by atoms with E-state index < -0.39 is 0 Å². The van der Waals surface area contributed by atoms with Crippen molar-refractivity contribution >= 4 is 39.9 Å². The lowest BCUT2D eigenvalue weighted by atomic mass is 9.62. The maximum absolute atomic E-state index is 4.86. The maximum Gasteiger partial charge on any atom is 0.157 e. The molecule has 0 N–H and O–H groups in total. The molecule has 4 aliphatic heterocycles. The molecule has 0 fully saturated rings. The monoisotopic (exact) mass is 548 g/mol. The summed E-state index contributed by atoms with van der Waals surface area (Å²) < 4.78 is 0. The van der Waals surface area contributed by atoms with Gasteiger partial charge in [-0.3, -0.25) is 0 Å². The Morgan fingerprint density at radius 2 is 1.31 bits per heavy atom. The zero-order valence-corrected chi connectivity index (χ0v) is 23.8. The summed E-state index contributed by atoms with van der Waals surface area (Å²) in [6, 6.07) is 37.9. The van der Waals surface area contributed by atoms with Crippen LogP contribution in [0.2, 0.25) is 0 Å². The molecule has 0 saturated heterocycles. The summed E-state index contributed by atoms with van der Waals surface area (Å²) in [6.45, 7) is 2.54. The SMILES string of the molecule is CN1c2ncncc2N2c3ccccc3CCC3c4ccccc4N4c5ccccc5N(c5ccccc5)C4C3(C)C12. The Morgan fingerprint density at radius 1 is 0.667 bits per heavy atom. The number of anilines is 7. The summed E-state index contributed by atoms with van der Waals surface area (Å²) in [6.07, 6.45) is 5.78. The van der Waals surface area contributed by atoms with Gasteiger partial charge in [0, 0.05) is 24.1 Å². The van der Waals surface area contributed by atoms with Crippen molar-refractivity contribution in [1.29, 1.82) is 0 Å². The highest BCUT2D eigenvalue weighted by atomic mass is 15.5. The van der Waals surface area contributed by atoms with Gasteiger partial charge in [-0.25, -0.2) is 9.97 Å². The summed E-state index contributed by atoms with van der Waals surface area (Å²) in [4.78, 5) is 19.6. The van der Waals surface area contributed by atoms with Gasteiger partial charge in [-0.2, -0.15) is 0 Å². The van der Waals surface area contributed by atoms with Crippen LogP contribution in [-0.2, 0) is 6.42 Å². The fourth-order valence-corrected chi connectivity index (χ4v) is 8.63. The van der Waals surface area contributed by atoms with E-state index in [4.69, 9.17) is 4.98 Å². The first-order valence-corrected chi connectivity index (χ1v) is 14.9. The molecule has 4 unspecified atom stereocenters. The van der Waals surface area contributed by atoms with Crippen molar-refractivity contribution in [3.63, 3.8) is 0 Å². The number of benzene rings is 4. The van der Waals surface area contributed by atoms with Gasteiger partial charge in [0.05, 0.1) is 23.0 Å². The largest absolute Gasteiger partial charge is 0.336 e. The number of aromatic nitrogens is 2. The van der Waals surface area contributed by atoms with Crippen LogP contribution in [-0.4, -0.2) is 29.3 Å². The van der Waals surface area contributed by atoms with E-state index >= 15 is 0 Å². The van der Waals surface area contributed by atoms with Crippen molar-refractivity contribution in [2.75, 3.05) is 26.6 Å². The molecule has 42 heavy (non-hydrogen) atoms. The quantitative estimate of drug-likeness (QED) is 0.213. The van der Waals surface area contributed by atoms with Crippen molar-refractivity contribution in [2.45, 2.75) is 38.0 Å². The van der Waals surface area contributed by atoms with Crippen LogP contribution in [0.25, 0.3) is 0 Å². The molecule has 1 aromatic heterocycles. The Bertz CT molecular complexity index is 1840. The lowest BCUT2D eigenvalue weighted by Crippen LogP contribution is -2.66. The van der Waals surface area contributed by atoms with E-state index in [0.29, 0.717) is 5.92 Å². The molecule has 6 nitrogen and oxygen atoms in total. The number of hydrogen-bond donors (Lipinski definition) is 0. The molecule has 0 spiro atoms. The third kappa shape index (κ3) is 2.94. The summed E-state index contributed by atoms with van der Waals surface area (Å²) in [5, 5.41) is 0. The Balaban J connectivity index is 1.38. The Morgan fingerprint density at radius 3 is 2.12 bits per heavy atom. The Hall–Kier alpha value is -4.84. The smallest absolute Gasteiger partial charge is 0.157 e. The number of para-hydroxylation sites is 5. The molecule has 0 bridgehead atoms. The van der Waals surface area contributed by atoms with Crippen molar-refractivity contribution in [2.24, 2.45) is 5.41 Å². The van der Waals surface area contributed by atoms with Gasteiger partial charge >= 0.3 is 0 Å². The van der Waals surface area contributed by atoms with Crippen molar-refractivity contribution < 1.29 is 0 Å². The fourth-order valence-electron chi connectivity index (χ4n) is 8.63. The molecular weight excluding hydrogens is 516 g/mol. The molecule has 0 saturated carbocycles. The average Bonchev–Trinajstić information content (AvgIpc) is 3.54. The van der Waals surface area contributed by atoms with Gasteiger partial charge in [-0.15, -0.1) is 0 Å². The number of rotatable bonds is 1. The molecule has 5 heterocycles. The maximum atomic E-state index is 4.86. The molecule has 4 atom stereocenters. The lowest BCUT2D eigenvalue weighted by Gasteiger charge is -2.59. The lowest BCUT2D eigenvalue weighted by molar-refractivity contribution is 0.138. The summed E-state index contributed by atoms with van der Waals surface area (Å²) in [5.41, 5.74) is 9.90. The van der Waals surface area contributed by atoms with Crippen LogP contribution in [0.5, 0.6) is 0 Å². The zero-order chi connectivity index (χ0) is 28.0. The summed E-state index contributed by atoms with van der Waals surface area (Å²) in [5.74, 6) is 1.28. The molecule has 206 valence electrons. The number of fused-ring (bicyclic) bond motifs is 14. The van der Waals surface area contributed by atoms with E-state index in [1.165, 1.54) is 39.6 Å². The molecular formula is C36H32N6. The van der Waals surface area contributed by atoms with Crippen LogP contribution >= 0.6 is 0 Å². The zero-order valence-electron chi connectivity index (χ0n) is 23.8.